The summed E-state index contributed by atoms with van der Waals surface area (Å²) in [5.41, 5.74) is 9.27. The number of hydrogen-bond donors (Lipinski definition) is 5. The molecule has 4 aliphatic rings. The molecule has 66 heavy (non-hydrogen) atoms. The molecule has 9 rings (SSSR count). The summed E-state index contributed by atoms with van der Waals surface area (Å²) in [7, 11) is -4.67. The van der Waals surface area contributed by atoms with Crippen LogP contribution in [0.2, 0.25) is 0 Å². The minimum atomic E-state index is -4.67. The van der Waals surface area contributed by atoms with E-state index in [1.54, 1.807) is 37.4 Å². The van der Waals surface area contributed by atoms with Crippen molar-refractivity contribution < 1.29 is 32.7 Å². The van der Waals surface area contributed by atoms with Crippen LogP contribution in [-0.2, 0) is 14.8 Å². The standard InChI is InChI=1S/C48H59N9O8S/c1-30(2)36-6-4-5-7-37(36)40-29-64-21-20-56(40)34-25-48(26-34)15-18-55(19-16-48)33-8-9-38(41(23-33)65-42-22-32-12-17-50-44(32)53-43(42)49)46(58)54-66(62,63)35-24-39(57(60)61)45(52-28-35)51-27-31-10-13-47(3,59)14-11-31/h4-9,12,17,22-24,28,30-31,34,40,59H,10-11,13-16,18-21,25-27,29H2,1-3H3,(H,51,52)(H,54,58)(H3,49,50,53)/t31?,40-,47?/m1/s1. The number of aromatic amines is 1. The molecular weight excluding hydrogens is 863 g/mol. The number of aromatic nitrogens is 3. The second kappa shape index (κ2) is 18.1. The average Bonchev–Trinajstić information content (AvgIpc) is 3.74. The normalized spacial score (nSPS) is 22.6. The molecule has 0 radical (unpaired) electrons. The SMILES string of the molecule is CC(C)c1ccccc1[C@H]1COCCN1C1CC2(CCN(c3ccc(C(=O)NS(=O)(=O)c4cnc(NCC5CCC(C)(O)CC5)c([N+](=O)[O-])c4)c(Oc4cc5cc[nH]c5nc4N)c3)CC2)C1. The molecule has 0 bridgehead atoms. The maximum absolute atomic E-state index is 14.0. The number of nitrogens with two attached hydrogens (primary N) is 1. The van der Waals surface area contributed by atoms with E-state index in [1.807, 2.05) is 0 Å². The first-order chi connectivity index (χ1) is 31.6. The molecule has 2 saturated carbocycles. The van der Waals surface area contributed by atoms with E-state index in [0.29, 0.717) is 43.6 Å². The molecule has 5 heterocycles. The lowest BCUT2D eigenvalue weighted by Crippen LogP contribution is -2.58. The van der Waals surface area contributed by atoms with Crippen molar-refractivity contribution in [3.8, 4) is 11.5 Å². The van der Waals surface area contributed by atoms with Gasteiger partial charge in [0.05, 0.1) is 41.5 Å². The maximum Gasteiger partial charge on any atom is 0.312 e. The highest BCUT2D eigenvalue weighted by Crippen LogP contribution is 2.53. The lowest BCUT2D eigenvalue weighted by atomic mass is 9.59. The number of carbonyl (C=O) groups is 1. The molecule has 1 amide bonds. The van der Waals surface area contributed by atoms with Crippen molar-refractivity contribution in [1.29, 1.82) is 0 Å². The van der Waals surface area contributed by atoms with Gasteiger partial charge in [0.25, 0.3) is 15.9 Å². The maximum atomic E-state index is 14.0. The summed E-state index contributed by atoms with van der Waals surface area (Å²) in [6, 6.07) is 18.9. The van der Waals surface area contributed by atoms with Crippen molar-refractivity contribution in [1.82, 2.24) is 24.6 Å². The van der Waals surface area contributed by atoms with E-state index in [0.717, 1.165) is 88.1 Å². The van der Waals surface area contributed by atoms with Crippen molar-refractivity contribution in [3.63, 3.8) is 0 Å². The van der Waals surface area contributed by atoms with E-state index in [1.165, 1.54) is 17.2 Å². The third-order valence-electron chi connectivity index (χ3n) is 14.4. The van der Waals surface area contributed by atoms with Crippen molar-refractivity contribution >= 4 is 50.0 Å². The van der Waals surface area contributed by atoms with Crippen LogP contribution < -0.4 is 25.4 Å². The number of nitrogen functional groups attached to an aromatic ring is 1. The highest BCUT2D eigenvalue weighted by atomic mass is 32.2. The van der Waals surface area contributed by atoms with Gasteiger partial charge in [-0.1, -0.05) is 38.1 Å². The number of nitrogens with one attached hydrogen (secondary N) is 3. The molecule has 350 valence electrons. The average molecular weight is 922 g/mol. The molecule has 2 aromatic carbocycles. The van der Waals surface area contributed by atoms with Gasteiger partial charge in [0.2, 0.25) is 5.82 Å². The Hall–Kier alpha value is -5.82. The smallest absolute Gasteiger partial charge is 0.312 e. The van der Waals surface area contributed by atoms with Crippen LogP contribution in [0.3, 0.4) is 0 Å². The third kappa shape index (κ3) is 9.41. The van der Waals surface area contributed by atoms with Gasteiger partial charge in [-0.3, -0.25) is 19.8 Å². The molecule has 1 atom stereocenters. The predicted molar refractivity (Wildman–Crippen MR) is 251 cm³/mol. The van der Waals surface area contributed by atoms with Crippen LogP contribution in [-0.4, -0.2) is 95.2 Å². The van der Waals surface area contributed by atoms with E-state index in [2.05, 4.69) is 72.9 Å². The van der Waals surface area contributed by atoms with Crippen molar-refractivity contribution in [2.45, 2.75) is 101 Å². The van der Waals surface area contributed by atoms with Gasteiger partial charge >= 0.3 is 5.69 Å². The molecule has 5 aromatic rings. The number of ether oxygens (including phenoxy) is 2. The summed E-state index contributed by atoms with van der Waals surface area (Å²) < 4.78 is 42.0. The second-order valence-electron chi connectivity index (χ2n) is 19.3. The number of amides is 1. The first kappa shape index (κ1) is 45.3. The molecule has 4 fully saturated rings. The number of benzene rings is 2. The Morgan fingerprint density at radius 3 is 2.56 bits per heavy atom. The highest BCUT2D eigenvalue weighted by Gasteiger charge is 2.50. The fourth-order valence-corrected chi connectivity index (χ4v) is 11.4. The Bertz CT molecular complexity index is 2720. The fraction of sp³-hybridized carbons (Fsp3) is 0.479. The molecule has 18 heteroatoms. The number of sulfonamides is 1. The van der Waals surface area contributed by atoms with Gasteiger partial charge in [0.1, 0.15) is 16.3 Å². The van der Waals surface area contributed by atoms with Crippen LogP contribution in [0.5, 0.6) is 11.5 Å². The molecule has 17 nitrogen and oxygen atoms in total. The number of pyridine rings is 2. The van der Waals surface area contributed by atoms with Gasteiger partial charge in [0, 0.05) is 61.6 Å². The summed E-state index contributed by atoms with van der Waals surface area (Å²) in [6.07, 6.45) is 9.62. The van der Waals surface area contributed by atoms with E-state index in [9.17, 15) is 28.4 Å². The van der Waals surface area contributed by atoms with Crippen molar-refractivity contribution in [3.05, 3.63) is 99.9 Å². The molecule has 0 unspecified atom stereocenters. The van der Waals surface area contributed by atoms with Gasteiger partial charge in [0.15, 0.2) is 11.6 Å². The van der Waals surface area contributed by atoms with Gasteiger partial charge in [-0.05, 0) is 111 Å². The lowest BCUT2D eigenvalue weighted by Gasteiger charge is -2.57. The zero-order chi connectivity index (χ0) is 46.4. The zero-order valence-electron chi connectivity index (χ0n) is 37.7. The van der Waals surface area contributed by atoms with E-state index in [-0.39, 0.29) is 46.1 Å². The van der Waals surface area contributed by atoms with Crippen LogP contribution >= 0.6 is 0 Å². The minimum Gasteiger partial charge on any atom is -0.453 e. The summed E-state index contributed by atoms with van der Waals surface area (Å²) in [5, 5.41) is 26.2. The van der Waals surface area contributed by atoms with Gasteiger partial charge in [-0.2, -0.15) is 0 Å². The first-order valence-corrected chi connectivity index (χ1v) is 24.5. The number of hydrogen-bond acceptors (Lipinski definition) is 14. The van der Waals surface area contributed by atoms with Crippen molar-refractivity contribution in [2.24, 2.45) is 11.3 Å². The summed E-state index contributed by atoms with van der Waals surface area (Å²) in [6.45, 7) is 10.6. The number of piperidine rings is 1. The molecule has 2 saturated heterocycles. The highest BCUT2D eigenvalue weighted by molar-refractivity contribution is 7.90. The van der Waals surface area contributed by atoms with Crippen LogP contribution in [0.15, 0.2) is 78.0 Å². The number of H-pyrrole nitrogens is 1. The molecule has 3 aromatic heterocycles. The monoisotopic (exact) mass is 921 g/mol. The Kier molecular flexibility index (Phi) is 12.4. The third-order valence-corrected chi connectivity index (χ3v) is 15.7. The number of fused-ring (bicyclic) bond motifs is 1. The summed E-state index contributed by atoms with van der Waals surface area (Å²) >= 11 is 0. The quantitative estimate of drug-likeness (QED) is 0.0564. The number of carbonyl (C=O) groups excluding carboxylic acids is 1. The van der Waals surface area contributed by atoms with Gasteiger partial charge in [-0.25, -0.2) is 23.1 Å². The Morgan fingerprint density at radius 1 is 1.06 bits per heavy atom. The predicted octanol–water partition coefficient (Wildman–Crippen LogP) is 7.66. The largest absolute Gasteiger partial charge is 0.453 e. The van der Waals surface area contributed by atoms with E-state index < -0.39 is 37.0 Å². The number of rotatable bonds is 13. The van der Waals surface area contributed by atoms with E-state index in [4.69, 9.17) is 15.2 Å². The number of nitrogens with zero attached hydrogens (tertiary/aromatic N) is 5. The van der Waals surface area contributed by atoms with Crippen LogP contribution in [0.25, 0.3) is 11.0 Å². The lowest BCUT2D eigenvalue weighted by molar-refractivity contribution is -0.384. The topological polar surface area (TPSA) is 231 Å². The van der Waals surface area contributed by atoms with Crippen LogP contribution in [0.1, 0.15) is 106 Å². The number of anilines is 3. The molecular formula is C48H59N9O8S. The fourth-order valence-electron chi connectivity index (χ4n) is 10.5. The molecule has 2 aliphatic heterocycles. The van der Waals surface area contributed by atoms with Gasteiger partial charge in [-0.15, -0.1) is 0 Å². The molecule has 2 aliphatic carbocycles. The Labute approximate surface area is 384 Å². The van der Waals surface area contributed by atoms with Crippen molar-refractivity contribution in [2.75, 3.05) is 55.3 Å². The zero-order valence-corrected chi connectivity index (χ0v) is 38.5. The number of aliphatic hydroxyl groups is 1. The Morgan fingerprint density at radius 2 is 1.82 bits per heavy atom. The number of nitro groups is 1. The summed E-state index contributed by atoms with van der Waals surface area (Å²) in [5.74, 6) is -0.230. The molecule has 6 N–H and O–H groups in total. The minimum absolute atomic E-state index is 0.0560. The first-order valence-electron chi connectivity index (χ1n) is 23.0. The van der Waals surface area contributed by atoms with Crippen LogP contribution in [0.4, 0.5) is 23.0 Å². The number of morpholine rings is 1. The van der Waals surface area contributed by atoms with Gasteiger partial charge < -0.3 is 35.5 Å². The van der Waals surface area contributed by atoms with Crippen LogP contribution in [0, 0.1) is 21.4 Å². The second-order valence-corrected chi connectivity index (χ2v) is 21.0. The molecule has 1 spiro atoms. The Balaban J connectivity index is 0.910. The van der Waals surface area contributed by atoms with E-state index >= 15 is 0 Å². The summed E-state index contributed by atoms with van der Waals surface area (Å²) in [4.78, 5) is 41.4.